The van der Waals surface area contributed by atoms with E-state index in [-0.39, 0.29) is 16.5 Å². The van der Waals surface area contributed by atoms with Crippen molar-refractivity contribution in [1.82, 2.24) is 5.27 Å². The fourth-order valence-corrected chi connectivity index (χ4v) is 3.15. The lowest BCUT2D eigenvalue weighted by Crippen LogP contribution is -2.35. The lowest BCUT2D eigenvalue weighted by atomic mass is 10.2. The maximum absolute atomic E-state index is 12.3. The number of hydrogen-bond acceptors (Lipinski definition) is 7. The first-order valence-electron chi connectivity index (χ1n) is 8.19. The summed E-state index contributed by atoms with van der Waals surface area (Å²) >= 11 is 0.971. The third-order valence-electron chi connectivity index (χ3n) is 3.90. The molecular formula is C18H16N4O5S. The van der Waals surface area contributed by atoms with Crippen molar-refractivity contribution in [2.45, 2.75) is 18.9 Å². The summed E-state index contributed by atoms with van der Waals surface area (Å²) in [7, 11) is 0. The van der Waals surface area contributed by atoms with E-state index in [1.165, 1.54) is 16.8 Å². The van der Waals surface area contributed by atoms with Gasteiger partial charge in [-0.3, -0.25) is 14.9 Å². The van der Waals surface area contributed by atoms with Crippen molar-refractivity contribution in [1.29, 1.82) is 0 Å². The van der Waals surface area contributed by atoms with Crippen LogP contribution < -0.4 is 15.1 Å². The summed E-state index contributed by atoms with van der Waals surface area (Å²) in [6.45, 7) is 3.67. The highest BCUT2D eigenvalue weighted by Gasteiger charge is 2.22. The van der Waals surface area contributed by atoms with Gasteiger partial charge in [-0.05, 0) is 35.9 Å². The summed E-state index contributed by atoms with van der Waals surface area (Å²) in [5.74, 6) is -1.15. The molecule has 0 aliphatic carbocycles. The number of non-ortho nitro benzene ring substituents is 1. The van der Waals surface area contributed by atoms with Gasteiger partial charge in [0.2, 0.25) is 11.6 Å². The molecule has 0 atom stereocenters. The second kappa shape index (κ2) is 8.09. The fourth-order valence-electron chi connectivity index (χ4n) is 2.39. The Balaban J connectivity index is 1.72. The Hall–Kier alpha value is -3.40. The van der Waals surface area contributed by atoms with Gasteiger partial charge in [-0.25, -0.2) is 0 Å². The molecule has 0 radical (unpaired) electrons. The number of hydrogen-bond donors (Lipinski definition) is 1. The summed E-state index contributed by atoms with van der Waals surface area (Å²) in [5, 5.41) is 29.4. The van der Waals surface area contributed by atoms with Crippen LogP contribution in [0.2, 0.25) is 0 Å². The maximum Gasteiger partial charge on any atom is 0.298 e. The third-order valence-corrected chi connectivity index (χ3v) is 4.92. The molecule has 1 aromatic heterocycles. The van der Waals surface area contributed by atoms with Crippen LogP contribution in [-0.2, 0) is 4.79 Å². The first-order valence-corrected chi connectivity index (χ1v) is 9.17. The molecule has 2 aromatic carbocycles. The molecule has 0 saturated carbocycles. The average Bonchev–Trinajstić information content (AvgIpc) is 3.03. The summed E-state index contributed by atoms with van der Waals surface area (Å²) in [6, 6.07) is 11.5. The average molecular weight is 400 g/mol. The number of anilines is 1. The number of nitrogens with one attached hydrogen (secondary N) is 1. The number of thioether (sulfide) groups is 1. The number of nitro groups is 1. The molecule has 0 fully saturated rings. The Bertz CT molecular complexity index is 1030. The number of carbonyl (C=O) groups excluding carboxylic acids is 1. The molecule has 3 aromatic rings. The Morgan fingerprint density at radius 3 is 2.64 bits per heavy atom. The minimum atomic E-state index is -0.648. The SMILES string of the molecule is Cc1ccc(-[n+]2noc([O-])c2SCC(=O)Nc2cc([N+](=O)[O-])ccc2C)cc1. The van der Waals surface area contributed by atoms with Crippen LogP contribution in [0.5, 0.6) is 5.95 Å². The van der Waals surface area contributed by atoms with E-state index in [9.17, 15) is 20.0 Å². The second-order valence-corrected chi connectivity index (χ2v) is 6.97. The van der Waals surface area contributed by atoms with Gasteiger partial charge in [0.05, 0.1) is 21.6 Å². The van der Waals surface area contributed by atoms with Gasteiger partial charge in [0, 0.05) is 24.3 Å². The molecule has 3 rings (SSSR count). The number of nitrogens with zero attached hydrogens (tertiary/aromatic N) is 3. The number of aryl methyl sites for hydroxylation is 2. The number of nitro benzene ring substituents is 1. The van der Waals surface area contributed by atoms with Crippen molar-refractivity contribution >= 4 is 29.0 Å². The number of aromatic nitrogens is 2. The van der Waals surface area contributed by atoms with Crippen LogP contribution in [0.15, 0.2) is 52.0 Å². The lowest BCUT2D eigenvalue weighted by molar-refractivity contribution is -0.705. The highest BCUT2D eigenvalue weighted by Crippen LogP contribution is 2.25. The molecule has 0 spiro atoms. The number of amides is 1. The van der Waals surface area contributed by atoms with Gasteiger partial charge in [-0.1, -0.05) is 23.8 Å². The minimum Gasteiger partial charge on any atom is -0.538 e. The largest absolute Gasteiger partial charge is 0.538 e. The minimum absolute atomic E-state index is 0.0928. The molecule has 28 heavy (non-hydrogen) atoms. The first kappa shape index (κ1) is 19.4. The van der Waals surface area contributed by atoms with Gasteiger partial charge in [0.1, 0.15) is 0 Å². The van der Waals surface area contributed by atoms with Gasteiger partial charge >= 0.3 is 0 Å². The normalized spacial score (nSPS) is 10.6. The molecule has 9 nitrogen and oxygen atoms in total. The molecular weight excluding hydrogens is 384 g/mol. The van der Waals surface area contributed by atoms with Gasteiger partial charge < -0.3 is 14.9 Å². The predicted octanol–water partition coefficient (Wildman–Crippen LogP) is 2.28. The van der Waals surface area contributed by atoms with Crippen LogP contribution in [-0.4, -0.2) is 21.9 Å². The van der Waals surface area contributed by atoms with E-state index >= 15 is 0 Å². The molecule has 0 bridgehead atoms. The highest BCUT2D eigenvalue weighted by atomic mass is 32.2. The highest BCUT2D eigenvalue weighted by molar-refractivity contribution is 7.99. The molecule has 144 valence electrons. The second-order valence-electron chi connectivity index (χ2n) is 6.01. The maximum atomic E-state index is 12.3. The van der Waals surface area contributed by atoms with E-state index in [1.54, 1.807) is 25.1 Å². The molecule has 0 aliphatic rings. The summed E-state index contributed by atoms with van der Waals surface area (Å²) in [6.07, 6.45) is 0. The zero-order chi connectivity index (χ0) is 20.3. The Kier molecular flexibility index (Phi) is 5.59. The number of carbonyl (C=O) groups is 1. The van der Waals surface area contributed by atoms with E-state index in [1.807, 2.05) is 19.1 Å². The molecule has 10 heteroatoms. The quantitative estimate of drug-likeness (QED) is 0.291. The van der Waals surface area contributed by atoms with Gasteiger partial charge in [-0.15, -0.1) is 0 Å². The van der Waals surface area contributed by atoms with Crippen molar-refractivity contribution in [3.8, 4) is 11.6 Å². The summed E-state index contributed by atoms with van der Waals surface area (Å²) in [4.78, 5) is 22.6. The Morgan fingerprint density at radius 2 is 1.96 bits per heavy atom. The van der Waals surface area contributed by atoms with Crippen LogP contribution in [0.1, 0.15) is 11.1 Å². The van der Waals surface area contributed by atoms with Crippen molar-refractivity contribution in [3.05, 3.63) is 63.7 Å². The topological polar surface area (TPSA) is 125 Å². The van der Waals surface area contributed by atoms with Gasteiger partial charge in [0.25, 0.3) is 10.7 Å². The number of rotatable bonds is 6. The van der Waals surface area contributed by atoms with E-state index in [0.717, 1.165) is 17.3 Å². The Labute approximate surface area is 164 Å². The van der Waals surface area contributed by atoms with E-state index in [0.29, 0.717) is 16.9 Å². The molecule has 1 amide bonds. The molecule has 1 heterocycles. The van der Waals surface area contributed by atoms with Crippen molar-refractivity contribution < 1.29 is 24.0 Å². The smallest absolute Gasteiger partial charge is 0.298 e. The van der Waals surface area contributed by atoms with Crippen LogP contribution >= 0.6 is 11.8 Å². The van der Waals surface area contributed by atoms with E-state index in [2.05, 4.69) is 10.6 Å². The molecule has 0 saturated heterocycles. The zero-order valence-corrected chi connectivity index (χ0v) is 15.9. The summed E-state index contributed by atoms with van der Waals surface area (Å²) < 4.78 is 6.05. The Morgan fingerprint density at radius 1 is 1.25 bits per heavy atom. The fraction of sp³-hybridized carbons (Fsp3) is 0.167. The van der Waals surface area contributed by atoms with Crippen LogP contribution in [0.4, 0.5) is 11.4 Å². The monoisotopic (exact) mass is 400 g/mol. The molecule has 0 unspecified atom stereocenters. The van der Waals surface area contributed by atoms with Gasteiger partial charge in [-0.2, -0.15) is 0 Å². The van der Waals surface area contributed by atoms with Crippen LogP contribution in [0.25, 0.3) is 5.69 Å². The molecule has 0 aliphatic heterocycles. The van der Waals surface area contributed by atoms with Crippen molar-refractivity contribution in [3.63, 3.8) is 0 Å². The first-order chi connectivity index (χ1) is 13.3. The summed E-state index contributed by atoms with van der Waals surface area (Å²) in [5.41, 5.74) is 2.60. The zero-order valence-electron chi connectivity index (χ0n) is 15.0. The van der Waals surface area contributed by atoms with Crippen LogP contribution in [0, 0.1) is 24.0 Å². The van der Waals surface area contributed by atoms with E-state index < -0.39 is 16.8 Å². The lowest BCUT2D eigenvalue weighted by Gasteiger charge is -2.07. The third kappa shape index (κ3) is 4.29. The van der Waals surface area contributed by atoms with Gasteiger partial charge in [0.15, 0.2) is 5.95 Å². The standard InChI is InChI=1S/C18H16N4O5S/c1-11-3-6-13(7-4-11)21-17(18(24)27-20-21)28-10-16(23)19-15-9-14(22(25)26)8-5-12(15)2/h3-9H,10H2,1-2H3,(H-,19,20,23,24). The van der Waals surface area contributed by atoms with E-state index in [4.69, 9.17) is 4.52 Å². The van der Waals surface area contributed by atoms with Crippen molar-refractivity contribution in [2.75, 3.05) is 11.1 Å². The van der Waals surface area contributed by atoms with Crippen molar-refractivity contribution in [2.24, 2.45) is 0 Å². The number of benzene rings is 2. The molecule has 1 N–H and O–H groups in total. The van der Waals surface area contributed by atoms with Crippen LogP contribution in [0.3, 0.4) is 0 Å². The predicted molar refractivity (Wildman–Crippen MR) is 99.4 cm³/mol.